The van der Waals surface area contributed by atoms with Crippen LogP contribution in [0.3, 0.4) is 0 Å². The fourth-order valence-corrected chi connectivity index (χ4v) is 1.46. The van der Waals surface area contributed by atoms with E-state index < -0.39 is 5.60 Å². The lowest BCUT2D eigenvalue weighted by molar-refractivity contribution is 0.00706. The van der Waals surface area contributed by atoms with Crippen molar-refractivity contribution in [3.63, 3.8) is 0 Å². The van der Waals surface area contributed by atoms with E-state index in [2.05, 4.69) is 16.9 Å². The highest BCUT2D eigenvalue weighted by atomic mass is 16.6. The van der Waals surface area contributed by atoms with Crippen molar-refractivity contribution in [2.45, 2.75) is 32.4 Å². The summed E-state index contributed by atoms with van der Waals surface area (Å²) in [5.41, 5.74) is 5.19. The second-order valence-electron chi connectivity index (χ2n) is 5.24. The number of likely N-dealkylation sites (tertiary alicyclic amines) is 1. The minimum atomic E-state index is -0.458. The molecule has 1 aliphatic rings. The Morgan fingerprint density at radius 1 is 1.61 bits per heavy atom. The Morgan fingerprint density at radius 2 is 2.22 bits per heavy atom. The summed E-state index contributed by atoms with van der Waals surface area (Å²) in [7, 11) is 0. The van der Waals surface area contributed by atoms with Crippen LogP contribution in [-0.2, 0) is 4.74 Å². The van der Waals surface area contributed by atoms with E-state index in [9.17, 15) is 4.79 Å². The predicted octanol–water partition coefficient (Wildman–Crippen LogP) is 0.696. The number of carbonyl (C=O) groups excluding carboxylic acids is 1. The molecule has 1 aliphatic heterocycles. The Bertz CT molecular complexity index is 340. The van der Waals surface area contributed by atoms with Crippen molar-refractivity contribution in [2.24, 2.45) is 10.7 Å². The molecule has 0 unspecified atom stereocenters. The number of amides is 1. The van der Waals surface area contributed by atoms with E-state index >= 15 is 0 Å². The average Bonchev–Trinajstić information content (AvgIpc) is 2.16. The number of nitrogens with two attached hydrogens (primary N) is 1. The van der Waals surface area contributed by atoms with Crippen molar-refractivity contribution in [1.82, 2.24) is 10.2 Å². The molecule has 3 N–H and O–H groups in total. The molecule has 0 aromatic rings. The molecule has 0 spiro atoms. The predicted molar refractivity (Wildman–Crippen MR) is 71.4 cm³/mol. The van der Waals surface area contributed by atoms with Crippen LogP contribution in [0.25, 0.3) is 0 Å². The van der Waals surface area contributed by atoms with Crippen LogP contribution >= 0.6 is 0 Å². The first-order valence-electron chi connectivity index (χ1n) is 5.97. The van der Waals surface area contributed by atoms with E-state index in [1.165, 1.54) is 0 Å². The van der Waals surface area contributed by atoms with Crippen LogP contribution < -0.4 is 11.1 Å². The van der Waals surface area contributed by atoms with Gasteiger partial charge in [-0.05, 0) is 20.8 Å². The fourth-order valence-electron chi connectivity index (χ4n) is 1.46. The van der Waals surface area contributed by atoms with Gasteiger partial charge in [-0.15, -0.1) is 6.58 Å². The summed E-state index contributed by atoms with van der Waals surface area (Å²) >= 11 is 0. The van der Waals surface area contributed by atoms with Gasteiger partial charge >= 0.3 is 6.09 Å². The van der Waals surface area contributed by atoms with Gasteiger partial charge in [-0.1, -0.05) is 6.08 Å². The Hall–Kier alpha value is -1.72. The third-order valence-electron chi connectivity index (χ3n) is 2.28. The molecule has 1 rings (SSSR count). The summed E-state index contributed by atoms with van der Waals surface area (Å²) in [5, 5.41) is 3.03. The van der Waals surface area contributed by atoms with Crippen molar-refractivity contribution >= 4 is 12.1 Å². The van der Waals surface area contributed by atoms with Crippen molar-refractivity contribution < 1.29 is 9.53 Å². The monoisotopic (exact) mass is 254 g/mol. The maximum Gasteiger partial charge on any atom is 0.410 e. The Balaban J connectivity index is 2.27. The molecule has 6 nitrogen and oxygen atoms in total. The maximum absolute atomic E-state index is 11.6. The number of nitrogens with zero attached hydrogens (tertiary/aromatic N) is 2. The minimum absolute atomic E-state index is 0.145. The third-order valence-corrected chi connectivity index (χ3v) is 2.28. The molecule has 0 aromatic heterocycles. The Morgan fingerprint density at radius 3 is 2.72 bits per heavy atom. The zero-order chi connectivity index (χ0) is 13.8. The number of nitrogens with one attached hydrogen (secondary N) is 1. The van der Waals surface area contributed by atoms with Gasteiger partial charge in [0.2, 0.25) is 0 Å². The maximum atomic E-state index is 11.6. The molecule has 1 fully saturated rings. The molecule has 1 heterocycles. The van der Waals surface area contributed by atoms with Gasteiger partial charge in [0, 0.05) is 13.1 Å². The largest absolute Gasteiger partial charge is 0.444 e. The van der Waals surface area contributed by atoms with Crippen molar-refractivity contribution in [1.29, 1.82) is 0 Å². The molecule has 0 radical (unpaired) electrons. The van der Waals surface area contributed by atoms with Gasteiger partial charge in [0.1, 0.15) is 5.60 Å². The number of carbonyl (C=O) groups is 1. The standard InChI is InChI=1S/C12H22N4O2/c1-5-6-14-10(13)15-9-7-16(8-9)11(17)18-12(2,3)4/h5,9H,1,6-8H2,2-4H3,(H3,13,14,15). The van der Waals surface area contributed by atoms with Crippen LogP contribution in [0.2, 0.25) is 0 Å². The second-order valence-corrected chi connectivity index (χ2v) is 5.24. The highest BCUT2D eigenvalue weighted by Crippen LogP contribution is 2.14. The van der Waals surface area contributed by atoms with Gasteiger partial charge in [-0.25, -0.2) is 9.79 Å². The first-order chi connectivity index (χ1) is 8.31. The van der Waals surface area contributed by atoms with Crippen LogP contribution in [0.4, 0.5) is 4.79 Å². The van der Waals surface area contributed by atoms with Crippen molar-refractivity contribution in [2.75, 3.05) is 19.6 Å². The lowest BCUT2D eigenvalue weighted by Gasteiger charge is -2.40. The van der Waals surface area contributed by atoms with Crippen LogP contribution in [0, 0.1) is 0 Å². The smallest absolute Gasteiger partial charge is 0.410 e. The number of hydrogen-bond donors (Lipinski definition) is 2. The molecule has 102 valence electrons. The van der Waals surface area contributed by atoms with E-state index in [1.54, 1.807) is 11.0 Å². The molecular formula is C12H22N4O2. The van der Waals surface area contributed by atoms with Crippen molar-refractivity contribution in [3.8, 4) is 0 Å². The lowest BCUT2D eigenvalue weighted by atomic mass is 10.1. The molecule has 1 saturated heterocycles. The first kappa shape index (κ1) is 14.3. The zero-order valence-electron chi connectivity index (χ0n) is 11.3. The van der Waals surface area contributed by atoms with Crippen LogP contribution in [0.5, 0.6) is 0 Å². The van der Waals surface area contributed by atoms with Crippen LogP contribution in [0.1, 0.15) is 20.8 Å². The van der Waals surface area contributed by atoms with Gasteiger partial charge in [-0.3, -0.25) is 0 Å². The molecule has 0 aromatic carbocycles. The summed E-state index contributed by atoms with van der Waals surface area (Å²) in [4.78, 5) is 17.3. The number of aliphatic imine (C=N–C) groups is 1. The van der Waals surface area contributed by atoms with Gasteiger partial charge < -0.3 is 20.7 Å². The molecular weight excluding hydrogens is 232 g/mol. The van der Waals surface area contributed by atoms with Gasteiger partial charge in [0.25, 0.3) is 0 Å². The molecule has 1 amide bonds. The quantitative estimate of drug-likeness (QED) is 0.441. The molecule has 0 saturated carbocycles. The summed E-state index contributed by atoms with van der Waals surface area (Å²) in [6, 6.07) is 0.145. The number of ether oxygens (including phenoxy) is 1. The molecule has 0 bridgehead atoms. The number of rotatable bonds is 3. The molecule has 18 heavy (non-hydrogen) atoms. The highest BCUT2D eigenvalue weighted by molar-refractivity contribution is 5.79. The number of guanidine groups is 1. The second kappa shape index (κ2) is 5.75. The van der Waals surface area contributed by atoms with Crippen molar-refractivity contribution in [3.05, 3.63) is 12.7 Å². The first-order valence-corrected chi connectivity index (χ1v) is 5.97. The molecule has 0 atom stereocenters. The van der Waals surface area contributed by atoms with E-state index in [-0.39, 0.29) is 12.1 Å². The fraction of sp³-hybridized carbons (Fsp3) is 0.667. The third kappa shape index (κ3) is 4.65. The average molecular weight is 254 g/mol. The van der Waals surface area contributed by atoms with E-state index in [4.69, 9.17) is 10.5 Å². The number of hydrogen-bond acceptors (Lipinski definition) is 3. The van der Waals surface area contributed by atoms with Crippen LogP contribution in [-0.4, -0.2) is 48.2 Å². The molecule has 0 aliphatic carbocycles. The van der Waals surface area contributed by atoms with E-state index in [0.29, 0.717) is 25.6 Å². The Labute approximate surface area is 108 Å². The van der Waals surface area contributed by atoms with E-state index in [0.717, 1.165) is 0 Å². The van der Waals surface area contributed by atoms with E-state index in [1.807, 2.05) is 20.8 Å². The summed E-state index contributed by atoms with van der Waals surface area (Å²) in [6.07, 6.45) is 1.38. The molecule has 6 heteroatoms. The van der Waals surface area contributed by atoms with Gasteiger partial charge in [-0.2, -0.15) is 0 Å². The topological polar surface area (TPSA) is 80.0 Å². The highest BCUT2D eigenvalue weighted by Gasteiger charge is 2.33. The van der Waals surface area contributed by atoms with Crippen LogP contribution in [0.15, 0.2) is 17.6 Å². The summed E-state index contributed by atoms with van der Waals surface area (Å²) in [5.74, 6) is 0.378. The lowest BCUT2D eigenvalue weighted by Crippen LogP contribution is -2.62. The summed E-state index contributed by atoms with van der Waals surface area (Å²) in [6.45, 7) is 10.8. The van der Waals surface area contributed by atoms with Gasteiger partial charge in [0.15, 0.2) is 5.96 Å². The van der Waals surface area contributed by atoms with Gasteiger partial charge in [0.05, 0.1) is 12.6 Å². The zero-order valence-corrected chi connectivity index (χ0v) is 11.3. The normalized spacial score (nSPS) is 17.1. The minimum Gasteiger partial charge on any atom is -0.444 e. The SMILES string of the molecule is C=CCN=C(N)NC1CN(C(=O)OC(C)(C)C)C1. The Kier molecular flexibility index (Phi) is 4.58. The summed E-state index contributed by atoms with van der Waals surface area (Å²) < 4.78 is 5.24.